The molecule has 3 rings (SSSR count). The highest BCUT2D eigenvalue weighted by molar-refractivity contribution is 7.26. The molecule has 3 unspecified atom stereocenters. The van der Waals surface area contributed by atoms with Crippen molar-refractivity contribution in [1.82, 2.24) is 5.32 Å². The van der Waals surface area contributed by atoms with Crippen LogP contribution < -0.4 is 5.32 Å². The lowest BCUT2D eigenvalue weighted by Gasteiger charge is -2.33. The van der Waals surface area contributed by atoms with E-state index in [0.717, 1.165) is 11.8 Å². The summed E-state index contributed by atoms with van der Waals surface area (Å²) in [4.78, 5) is 1.55. The van der Waals surface area contributed by atoms with Crippen molar-refractivity contribution in [1.29, 1.82) is 0 Å². The van der Waals surface area contributed by atoms with Gasteiger partial charge in [0.1, 0.15) is 0 Å². The maximum atomic E-state index is 3.60. The Morgan fingerprint density at radius 2 is 2.26 bits per heavy atom. The summed E-state index contributed by atoms with van der Waals surface area (Å²) < 4.78 is 2.92. The van der Waals surface area contributed by atoms with Gasteiger partial charge in [0.25, 0.3) is 0 Å². The van der Waals surface area contributed by atoms with Crippen LogP contribution in [0.15, 0.2) is 17.5 Å². The van der Waals surface area contributed by atoms with Crippen LogP contribution in [0.3, 0.4) is 0 Å². The van der Waals surface area contributed by atoms with E-state index in [2.05, 4.69) is 36.8 Å². The zero-order valence-corrected chi connectivity index (χ0v) is 13.4. The maximum absolute atomic E-state index is 3.60. The predicted octanol–water partition coefficient (Wildman–Crippen LogP) is 5.44. The van der Waals surface area contributed by atoms with E-state index in [1.807, 2.05) is 22.7 Å². The molecular formula is C16H23NS2. The van der Waals surface area contributed by atoms with E-state index >= 15 is 0 Å². The van der Waals surface area contributed by atoms with Gasteiger partial charge in [-0.1, -0.05) is 26.2 Å². The van der Waals surface area contributed by atoms with Crippen LogP contribution in [0.2, 0.25) is 0 Å². The van der Waals surface area contributed by atoms with Crippen molar-refractivity contribution in [2.75, 3.05) is 7.05 Å². The molecule has 104 valence electrons. The van der Waals surface area contributed by atoms with Gasteiger partial charge in [-0.2, -0.15) is 0 Å². The van der Waals surface area contributed by atoms with Crippen molar-refractivity contribution >= 4 is 32.1 Å². The molecule has 0 bridgehead atoms. The van der Waals surface area contributed by atoms with E-state index in [0.29, 0.717) is 6.04 Å². The first kappa shape index (κ1) is 13.6. The topological polar surface area (TPSA) is 12.0 Å². The second-order valence-corrected chi connectivity index (χ2v) is 7.83. The highest BCUT2D eigenvalue weighted by atomic mass is 32.1. The minimum atomic E-state index is 0.568. The molecule has 1 aliphatic carbocycles. The molecule has 0 saturated heterocycles. The number of fused-ring (bicyclic) bond motifs is 1. The third-order valence-corrected chi connectivity index (χ3v) is 6.82. The Morgan fingerprint density at radius 3 is 3.00 bits per heavy atom. The van der Waals surface area contributed by atoms with Gasteiger partial charge < -0.3 is 5.32 Å². The van der Waals surface area contributed by atoms with Crippen LogP contribution in [-0.2, 0) is 0 Å². The van der Waals surface area contributed by atoms with Crippen molar-refractivity contribution < 1.29 is 0 Å². The van der Waals surface area contributed by atoms with E-state index in [1.54, 1.807) is 4.88 Å². The Bertz CT molecular complexity index is 499. The summed E-state index contributed by atoms with van der Waals surface area (Å²) in [7, 11) is 2.13. The molecule has 2 heterocycles. The zero-order chi connectivity index (χ0) is 13.2. The van der Waals surface area contributed by atoms with Gasteiger partial charge in [-0.05, 0) is 49.2 Å². The summed E-state index contributed by atoms with van der Waals surface area (Å²) in [6.07, 6.45) is 7.03. The van der Waals surface area contributed by atoms with Crippen molar-refractivity contribution in [3.63, 3.8) is 0 Å². The fourth-order valence-electron chi connectivity index (χ4n) is 3.55. The third kappa shape index (κ3) is 2.74. The van der Waals surface area contributed by atoms with Gasteiger partial charge in [0.15, 0.2) is 0 Å². The van der Waals surface area contributed by atoms with Crippen LogP contribution in [0, 0.1) is 11.8 Å². The molecule has 0 spiro atoms. The molecule has 1 nitrogen and oxygen atoms in total. The van der Waals surface area contributed by atoms with Crippen molar-refractivity contribution in [2.24, 2.45) is 11.8 Å². The first-order valence-corrected chi connectivity index (χ1v) is 9.15. The number of hydrogen-bond acceptors (Lipinski definition) is 3. The van der Waals surface area contributed by atoms with Gasteiger partial charge in [0, 0.05) is 20.3 Å². The molecule has 3 heteroatoms. The predicted molar refractivity (Wildman–Crippen MR) is 87.2 cm³/mol. The van der Waals surface area contributed by atoms with Crippen LogP contribution in [-0.4, -0.2) is 7.05 Å². The summed E-state index contributed by atoms with van der Waals surface area (Å²) in [5.74, 6) is 1.78. The Labute approximate surface area is 124 Å². The van der Waals surface area contributed by atoms with Gasteiger partial charge in [-0.25, -0.2) is 0 Å². The summed E-state index contributed by atoms with van der Waals surface area (Å²) in [5, 5.41) is 5.80. The molecule has 0 aliphatic heterocycles. The zero-order valence-electron chi connectivity index (χ0n) is 11.8. The highest BCUT2D eigenvalue weighted by Crippen LogP contribution is 2.42. The number of nitrogens with one attached hydrogen (secondary N) is 1. The SMILES string of the molecule is CCC1CCCC(C(NC)c2cc3sccc3s2)C1. The second kappa shape index (κ2) is 5.94. The monoisotopic (exact) mass is 293 g/mol. The molecule has 19 heavy (non-hydrogen) atoms. The minimum absolute atomic E-state index is 0.568. The molecular weight excluding hydrogens is 270 g/mol. The largest absolute Gasteiger partial charge is 0.312 e. The van der Waals surface area contributed by atoms with Crippen LogP contribution in [0.25, 0.3) is 9.40 Å². The van der Waals surface area contributed by atoms with Crippen LogP contribution >= 0.6 is 22.7 Å². The van der Waals surface area contributed by atoms with Gasteiger partial charge >= 0.3 is 0 Å². The first-order valence-electron chi connectivity index (χ1n) is 7.46. The molecule has 1 fully saturated rings. The Morgan fingerprint density at radius 1 is 1.37 bits per heavy atom. The van der Waals surface area contributed by atoms with E-state index < -0.39 is 0 Å². The first-order chi connectivity index (χ1) is 9.31. The second-order valence-electron chi connectivity index (χ2n) is 5.77. The molecule has 1 N–H and O–H groups in total. The fraction of sp³-hybridized carbons (Fsp3) is 0.625. The minimum Gasteiger partial charge on any atom is -0.312 e. The van der Waals surface area contributed by atoms with E-state index in [4.69, 9.17) is 0 Å². The molecule has 0 radical (unpaired) electrons. The van der Waals surface area contributed by atoms with Gasteiger partial charge in [-0.15, -0.1) is 22.7 Å². The Hall–Kier alpha value is -0.380. The average Bonchev–Trinajstić information content (AvgIpc) is 3.01. The lowest BCUT2D eigenvalue weighted by atomic mass is 9.76. The molecule has 1 saturated carbocycles. The third-order valence-electron chi connectivity index (χ3n) is 4.65. The normalized spacial score (nSPS) is 25.8. The van der Waals surface area contributed by atoms with Crippen LogP contribution in [0.4, 0.5) is 0 Å². The van der Waals surface area contributed by atoms with Gasteiger partial charge in [-0.3, -0.25) is 0 Å². The fourth-order valence-corrected chi connectivity index (χ4v) is 5.88. The average molecular weight is 294 g/mol. The lowest BCUT2D eigenvalue weighted by molar-refractivity contribution is 0.216. The van der Waals surface area contributed by atoms with Gasteiger partial charge in [0.05, 0.1) is 0 Å². The summed E-state index contributed by atoms with van der Waals surface area (Å²) in [6.45, 7) is 2.35. The molecule has 2 aromatic rings. The molecule has 0 amide bonds. The number of hydrogen-bond donors (Lipinski definition) is 1. The molecule has 2 aromatic heterocycles. The molecule has 1 aliphatic rings. The standard InChI is InChI=1S/C16H23NS2/c1-3-11-5-4-6-12(9-11)16(17-2)15-10-14-13(19-15)7-8-18-14/h7-8,10-12,16-17H,3-6,9H2,1-2H3. The Balaban J connectivity index is 1.81. The summed E-state index contributed by atoms with van der Waals surface area (Å²) >= 11 is 3.86. The van der Waals surface area contributed by atoms with Crippen molar-refractivity contribution in [3.8, 4) is 0 Å². The quantitative estimate of drug-likeness (QED) is 0.791. The van der Waals surface area contributed by atoms with E-state index in [9.17, 15) is 0 Å². The van der Waals surface area contributed by atoms with Crippen molar-refractivity contribution in [2.45, 2.75) is 45.1 Å². The van der Waals surface area contributed by atoms with Crippen molar-refractivity contribution in [3.05, 3.63) is 22.4 Å². The van der Waals surface area contributed by atoms with E-state index in [-0.39, 0.29) is 0 Å². The summed E-state index contributed by atoms with van der Waals surface area (Å²) in [6, 6.07) is 5.25. The smallest absolute Gasteiger partial charge is 0.0454 e. The van der Waals surface area contributed by atoms with Gasteiger partial charge in [0.2, 0.25) is 0 Å². The Kier molecular flexibility index (Phi) is 4.25. The summed E-state index contributed by atoms with van der Waals surface area (Å²) in [5.41, 5.74) is 0. The molecule has 0 aromatic carbocycles. The number of rotatable bonds is 4. The number of thiophene rings is 2. The molecule has 3 atom stereocenters. The van der Waals surface area contributed by atoms with E-state index in [1.165, 1.54) is 41.5 Å². The van der Waals surface area contributed by atoms with Crippen LogP contribution in [0.1, 0.15) is 49.9 Å². The lowest BCUT2D eigenvalue weighted by Crippen LogP contribution is -2.28. The van der Waals surface area contributed by atoms with Crippen LogP contribution in [0.5, 0.6) is 0 Å². The maximum Gasteiger partial charge on any atom is 0.0454 e. The highest BCUT2D eigenvalue weighted by Gasteiger charge is 2.28.